The first-order chi connectivity index (χ1) is 14.2. The molecule has 0 bridgehead atoms. The molecule has 3 nitrogen and oxygen atoms in total. The van der Waals surface area contributed by atoms with Crippen molar-refractivity contribution in [3.63, 3.8) is 0 Å². The molecule has 172 valence electrons. The first-order valence-corrected chi connectivity index (χ1v) is 12.7. The van der Waals surface area contributed by atoms with E-state index in [-0.39, 0.29) is 6.10 Å². The van der Waals surface area contributed by atoms with Crippen molar-refractivity contribution in [2.75, 3.05) is 0 Å². The second-order valence-electron chi connectivity index (χ2n) is 8.77. The van der Waals surface area contributed by atoms with E-state index in [0.717, 1.165) is 25.7 Å². The fraction of sp³-hybridized carbons (Fsp3) is 0.885. The number of carboxylic acids is 1. The first kappa shape index (κ1) is 28.2. The number of carboxylic acid groups (broad SMARTS) is 1. The molecule has 2 N–H and O–H groups in total. The van der Waals surface area contributed by atoms with Gasteiger partial charge in [-0.3, -0.25) is 0 Å². The van der Waals surface area contributed by atoms with Gasteiger partial charge in [-0.2, -0.15) is 0 Å². The molecule has 0 aliphatic carbocycles. The van der Waals surface area contributed by atoms with Gasteiger partial charge >= 0.3 is 5.97 Å². The van der Waals surface area contributed by atoms with Crippen LogP contribution in [0.5, 0.6) is 0 Å². The van der Waals surface area contributed by atoms with E-state index < -0.39 is 5.97 Å². The smallest absolute Gasteiger partial charge is 0.327 e. The summed E-state index contributed by atoms with van der Waals surface area (Å²) >= 11 is 0. The third-order valence-electron chi connectivity index (χ3n) is 5.81. The van der Waals surface area contributed by atoms with E-state index in [1.54, 1.807) is 6.08 Å². The van der Waals surface area contributed by atoms with Crippen LogP contribution in [0.4, 0.5) is 0 Å². The maximum absolute atomic E-state index is 10.3. The maximum atomic E-state index is 10.3. The van der Waals surface area contributed by atoms with Crippen molar-refractivity contribution < 1.29 is 15.0 Å². The Morgan fingerprint density at radius 2 is 1.03 bits per heavy atom. The summed E-state index contributed by atoms with van der Waals surface area (Å²) in [4.78, 5) is 10.3. The van der Waals surface area contributed by atoms with Gasteiger partial charge in [0.2, 0.25) is 0 Å². The summed E-state index contributed by atoms with van der Waals surface area (Å²) in [5.74, 6) is -0.844. The number of hydrogen-bond acceptors (Lipinski definition) is 2. The van der Waals surface area contributed by atoms with Gasteiger partial charge in [-0.05, 0) is 25.7 Å². The third kappa shape index (κ3) is 25.1. The van der Waals surface area contributed by atoms with Gasteiger partial charge in [-0.1, -0.05) is 122 Å². The van der Waals surface area contributed by atoms with E-state index in [2.05, 4.69) is 6.92 Å². The van der Waals surface area contributed by atoms with Gasteiger partial charge in [0.25, 0.3) is 0 Å². The lowest BCUT2D eigenvalue weighted by Crippen LogP contribution is -2.05. The fourth-order valence-corrected chi connectivity index (χ4v) is 3.90. The van der Waals surface area contributed by atoms with Crippen LogP contribution in [0.15, 0.2) is 12.2 Å². The number of hydrogen-bond donors (Lipinski definition) is 2. The quantitative estimate of drug-likeness (QED) is 0.132. The largest absolute Gasteiger partial charge is 0.478 e. The van der Waals surface area contributed by atoms with Crippen LogP contribution >= 0.6 is 0 Å². The normalized spacial score (nSPS) is 12.6. The Kier molecular flexibility index (Phi) is 22.8. The molecule has 0 heterocycles. The average molecular weight is 411 g/mol. The van der Waals surface area contributed by atoms with E-state index >= 15 is 0 Å². The van der Waals surface area contributed by atoms with Crippen LogP contribution < -0.4 is 0 Å². The molecule has 0 spiro atoms. The summed E-state index contributed by atoms with van der Waals surface area (Å²) < 4.78 is 0. The highest BCUT2D eigenvalue weighted by Crippen LogP contribution is 2.15. The highest BCUT2D eigenvalue weighted by Gasteiger charge is 2.03. The Balaban J connectivity index is 3.17. The van der Waals surface area contributed by atoms with Crippen LogP contribution in [0.25, 0.3) is 0 Å². The molecule has 1 atom stereocenters. The lowest BCUT2D eigenvalue weighted by molar-refractivity contribution is -0.131. The molecule has 0 aromatic heterocycles. The minimum absolute atomic E-state index is 0.0690. The van der Waals surface area contributed by atoms with Crippen molar-refractivity contribution in [2.45, 2.75) is 148 Å². The summed E-state index contributed by atoms with van der Waals surface area (Å²) in [5, 5.41) is 18.6. The zero-order valence-corrected chi connectivity index (χ0v) is 19.4. The second-order valence-corrected chi connectivity index (χ2v) is 8.77. The molecule has 0 aromatic carbocycles. The number of unbranched alkanes of at least 4 members (excludes halogenated alkanes) is 17. The maximum Gasteiger partial charge on any atom is 0.327 e. The zero-order chi connectivity index (χ0) is 21.4. The minimum Gasteiger partial charge on any atom is -0.478 e. The predicted molar refractivity (Wildman–Crippen MR) is 125 cm³/mol. The Morgan fingerprint density at radius 3 is 1.45 bits per heavy atom. The first-order valence-electron chi connectivity index (χ1n) is 12.7. The van der Waals surface area contributed by atoms with E-state index in [1.807, 2.05) is 0 Å². The Morgan fingerprint density at radius 1 is 0.655 bits per heavy atom. The number of aliphatic hydroxyl groups is 1. The molecular formula is C26H50O3. The Labute approximate surface area is 181 Å². The molecule has 0 aliphatic rings. The van der Waals surface area contributed by atoms with Gasteiger partial charge in [-0.25, -0.2) is 4.79 Å². The molecule has 0 amide bonds. The monoisotopic (exact) mass is 410 g/mol. The number of aliphatic carboxylic acids is 1. The molecular weight excluding hydrogens is 360 g/mol. The lowest BCUT2D eigenvalue weighted by Gasteiger charge is -2.10. The highest BCUT2D eigenvalue weighted by molar-refractivity contribution is 5.79. The summed E-state index contributed by atoms with van der Waals surface area (Å²) in [6.07, 6.45) is 29.2. The lowest BCUT2D eigenvalue weighted by atomic mass is 10.0. The van der Waals surface area contributed by atoms with Crippen LogP contribution in [0.3, 0.4) is 0 Å². The molecule has 0 fully saturated rings. The summed E-state index contributed by atoms with van der Waals surface area (Å²) in [7, 11) is 0. The Hall–Kier alpha value is -0.830. The van der Waals surface area contributed by atoms with E-state index in [9.17, 15) is 9.90 Å². The molecule has 0 aromatic rings. The molecule has 0 saturated heterocycles. The van der Waals surface area contributed by atoms with Crippen molar-refractivity contribution in [1.29, 1.82) is 0 Å². The van der Waals surface area contributed by atoms with E-state index in [0.29, 0.717) is 0 Å². The van der Waals surface area contributed by atoms with Gasteiger partial charge in [0.15, 0.2) is 0 Å². The van der Waals surface area contributed by atoms with Crippen LogP contribution in [-0.2, 0) is 4.79 Å². The van der Waals surface area contributed by atoms with Crippen LogP contribution in [0.1, 0.15) is 142 Å². The number of aliphatic hydroxyl groups excluding tert-OH is 1. The average Bonchev–Trinajstić information content (AvgIpc) is 2.70. The molecule has 0 aliphatic heterocycles. The van der Waals surface area contributed by atoms with Gasteiger partial charge < -0.3 is 10.2 Å². The predicted octanol–water partition coefficient (Wildman–Crippen LogP) is 8.20. The van der Waals surface area contributed by atoms with E-state index in [1.165, 1.54) is 115 Å². The SMILES string of the molecule is CCCCCCCCCCC(O)CCCCCCCCCCCCC=CC(=O)O. The summed E-state index contributed by atoms with van der Waals surface area (Å²) in [6, 6.07) is 0. The van der Waals surface area contributed by atoms with Crippen molar-refractivity contribution in [3.05, 3.63) is 12.2 Å². The zero-order valence-electron chi connectivity index (χ0n) is 19.4. The van der Waals surface area contributed by atoms with Gasteiger partial charge in [0, 0.05) is 6.08 Å². The number of rotatable bonds is 23. The third-order valence-corrected chi connectivity index (χ3v) is 5.81. The molecule has 29 heavy (non-hydrogen) atoms. The van der Waals surface area contributed by atoms with Gasteiger partial charge in [0.1, 0.15) is 0 Å². The summed E-state index contributed by atoms with van der Waals surface area (Å²) in [5.41, 5.74) is 0. The number of allylic oxidation sites excluding steroid dienone is 1. The molecule has 0 saturated carbocycles. The number of carbonyl (C=O) groups is 1. The van der Waals surface area contributed by atoms with Crippen molar-refractivity contribution >= 4 is 5.97 Å². The second kappa shape index (κ2) is 23.4. The minimum atomic E-state index is -0.844. The fourth-order valence-electron chi connectivity index (χ4n) is 3.90. The van der Waals surface area contributed by atoms with Gasteiger partial charge in [-0.15, -0.1) is 0 Å². The Bertz CT molecular complexity index is 365. The van der Waals surface area contributed by atoms with Crippen LogP contribution in [0, 0.1) is 0 Å². The summed E-state index contributed by atoms with van der Waals surface area (Å²) in [6.45, 7) is 2.26. The van der Waals surface area contributed by atoms with Crippen molar-refractivity contribution in [2.24, 2.45) is 0 Å². The molecule has 1 unspecified atom stereocenters. The van der Waals surface area contributed by atoms with E-state index in [4.69, 9.17) is 5.11 Å². The molecule has 3 heteroatoms. The van der Waals surface area contributed by atoms with Crippen molar-refractivity contribution in [1.82, 2.24) is 0 Å². The standard InChI is InChI=1S/C26H50O3/c1-2-3-4-5-6-13-16-19-22-25(27)23-20-17-14-11-9-7-8-10-12-15-18-21-24-26(28)29/h21,24-25,27H,2-20,22-23H2,1H3,(H,28,29). The topological polar surface area (TPSA) is 57.5 Å². The highest BCUT2D eigenvalue weighted by atomic mass is 16.4. The van der Waals surface area contributed by atoms with Crippen LogP contribution in [0.2, 0.25) is 0 Å². The van der Waals surface area contributed by atoms with Crippen molar-refractivity contribution in [3.8, 4) is 0 Å². The molecule has 0 rings (SSSR count). The van der Waals surface area contributed by atoms with Gasteiger partial charge in [0.05, 0.1) is 6.10 Å². The molecule has 0 radical (unpaired) electrons. The van der Waals surface area contributed by atoms with Crippen LogP contribution in [-0.4, -0.2) is 22.3 Å².